The Morgan fingerprint density at radius 2 is 2.15 bits per heavy atom. The molecule has 1 heterocycles. The first-order valence-electron chi connectivity index (χ1n) is 4.74. The van der Waals surface area contributed by atoms with Crippen LogP contribution in [0.1, 0.15) is 12.8 Å². The highest BCUT2D eigenvalue weighted by atomic mass is 35.5. The second-order valence-electron chi connectivity index (χ2n) is 3.64. The highest BCUT2D eigenvalue weighted by Crippen LogP contribution is 2.13. The van der Waals surface area contributed by atoms with E-state index >= 15 is 0 Å². The topological polar surface area (TPSA) is 12.5 Å². The summed E-state index contributed by atoms with van der Waals surface area (Å²) in [5.41, 5.74) is 1.09. The molecule has 13 heavy (non-hydrogen) atoms. The maximum absolute atomic E-state index is 5.68. The van der Waals surface area contributed by atoms with E-state index < -0.39 is 0 Å². The van der Waals surface area contributed by atoms with Gasteiger partial charge in [0.1, 0.15) is 0 Å². The van der Waals surface area contributed by atoms with Crippen LogP contribution in [-0.2, 0) is 4.74 Å². The quantitative estimate of drug-likeness (QED) is 0.511. The Morgan fingerprint density at radius 3 is 2.69 bits per heavy atom. The van der Waals surface area contributed by atoms with E-state index in [-0.39, 0.29) is 0 Å². The molecule has 0 unspecified atom stereocenters. The van der Waals surface area contributed by atoms with Crippen LogP contribution in [0.25, 0.3) is 0 Å². The Balaban J connectivity index is 2.28. The summed E-state index contributed by atoms with van der Waals surface area (Å²) >= 11 is 5.68. The number of likely N-dealkylation sites (N-methyl/N-ethyl adjacent to an activating group) is 1. The lowest BCUT2D eigenvalue weighted by Crippen LogP contribution is -2.37. The van der Waals surface area contributed by atoms with Crippen LogP contribution in [0.5, 0.6) is 0 Å². The van der Waals surface area contributed by atoms with Crippen molar-refractivity contribution in [3.05, 3.63) is 12.2 Å². The van der Waals surface area contributed by atoms with Gasteiger partial charge in [-0.05, 0) is 25.5 Å². The van der Waals surface area contributed by atoms with Gasteiger partial charge >= 0.3 is 0 Å². The lowest BCUT2D eigenvalue weighted by molar-refractivity contribution is 0.0459. The fraction of sp³-hybridized carbons (Fsp3) is 0.800. The highest BCUT2D eigenvalue weighted by molar-refractivity contribution is 6.19. The average Bonchev–Trinajstić information content (AvgIpc) is 2.19. The van der Waals surface area contributed by atoms with E-state index in [1.165, 1.54) is 0 Å². The molecule has 0 amide bonds. The Bertz CT molecular complexity index is 166. The van der Waals surface area contributed by atoms with Gasteiger partial charge in [0, 0.05) is 31.7 Å². The minimum atomic E-state index is 0.563. The number of ether oxygens (including phenoxy) is 1. The van der Waals surface area contributed by atoms with Gasteiger partial charge in [-0.15, -0.1) is 11.6 Å². The van der Waals surface area contributed by atoms with Crippen LogP contribution < -0.4 is 0 Å². The molecule has 0 spiro atoms. The van der Waals surface area contributed by atoms with Crippen LogP contribution in [0.15, 0.2) is 12.2 Å². The smallest absolute Gasteiger partial charge is 0.0480 e. The minimum absolute atomic E-state index is 0.563. The third-order valence-corrected chi connectivity index (χ3v) is 2.85. The molecule has 1 saturated heterocycles. The third-order valence-electron chi connectivity index (χ3n) is 2.48. The lowest BCUT2D eigenvalue weighted by atomic mass is 10.1. The van der Waals surface area contributed by atoms with E-state index in [4.69, 9.17) is 16.3 Å². The molecular weight excluding hydrogens is 186 g/mol. The normalized spacial score (nSPS) is 19.3. The van der Waals surface area contributed by atoms with Gasteiger partial charge in [-0.1, -0.05) is 6.58 Å². The predicted molar refractivity (Wildman–Crippen MR) is 56.3 cm³/mol. The summed E-state index contributed by atoms with van der Waals surface area (Å²) in [5.74, 6) is 0.563. The van der Waals surface area contributed by atoms with Gasteiger partial charge in [-0.3, -0.25) is 4.90 Å². The molecule has 1 aliphatic heterocycles. The summed E-state index contributed by atoms with van der Waals surface area (Å²) < 4.78 is 5.31. The molecule has 0 atom stereocenters. The summed E-state index contributed by atoms with van der Waals surface area (Å²) in [4.78, 5) is 2.33. The fourth-order valence-electron chi connectivity index (χ4n) is 1.65. The molecule has 0 bridgehead atoms. The molecular formula is C10H18ClNO. The number of alkyl halides is 1. The molecule has 2 nitrogen and oxygen atoms in total. The van der Waals surface area contributed by atoms with Gasteiger partial charge in [-0.2, -0.15) is 0 Å². The third kappa shape index (κ3) is 3.67. The second-order valence-corrected chi connectivity index (χ2v) is 3.91. The number of halogens is 1. The number of hydrogen-bond acceptors (Lipinski definition) is 2. The first-order chi connectivity index (χ1) is 6.24. The van der Waals surface area contributed by atoms with Crippen LogP contribution in [-0.4, -0.2) is 43.6 Å². The monoisotopic (exact) mass is 203 g/mol. The van der Waals surface area contributed by atoms with Gasteiger partial charge in [-0.25, -0.2) is 0 Å². The van der Waals surface area contributed by atoms with Gasteiger partial charge in [0.2, 0.25) is 0 Å². The van der Waals surface area contributed by atoms with Crippen LogP contribution in [0.2, 0.25) is 0 Å². The van der Waals surface area contributed by atoms with Crippen LogP contribution in [0, 0.1) is 0 Å². The van der Waals surface area contributed by atoms with E-state index in [1.807, 2.05) is 0 Å². The molecule has 76 valence electrons. The van der Waals surface area contributed by atoms with Crippen molar-refractivity contribution in [1.29, 1.82) is 0 Å². The van der Waals surface area contributed by atoms with Crippen molar-refractivity contribution >= 4 is 11.6 Å². The second kappa shape index (κ2) is 5.63. The fourth-order valence-corrected chi connectivity index (χ4v) is 1.73. The lowest BCUT2D eigenvalue weighted by Gasteiger charge is -2.31. The molecule has 0 radical (unpaired) electrons. The minimum Gasteiger partial charge on any atom is -0.381 e. The van der Waals surface area contributed by atoms with Crippen molar-refractivity contribution < 1.29 is 4.74 Å². The van der Waals surface area contributed by atoms with Crippen molar-refractivity contribution in [2.24, 2.45) is 0 Å². The summed E-state index contributed by atoms with van der Waals surface area (Å²) in [5, 5.41) is 0. The first kappa shape index (κ1) is 11.0. The average molecular weight is 204 g/mol. The number of hydrogen-bond donors (Lipinski definition) is 0. The SMILES string of the molecule is C=C(CCl)CN(C)C1CCOCC1. The summed E-state index contributed by atoms with van der Waals surface area (Å²) in [6.07, 6.45) is 2.26. The van der Waals surface area contributed by atoms with Gasteiger partial charge in [0.25, 0.3) is 0 Å². The Morgan fingerprint density at radius 1 is 1.54 bits per heavy atom. The highest BCUT2D eigenvalue weighted by Gasteiger charge is 2.18. The summed E-state index contributed by atoms with van der Waals surface area (Å²) in [7, 11) is 2.13. The van der Waals surface area contributed by atoms with E-state index in [1.54, 1.807) is 0 Å². The Hall–Kier alpha value is -0.0500. The zero-order chi connectivity index (χ0) is 9.68. The number of nitrogens with zero attached hydrogens (tertiary/aromatic N) is 1. The molecule has 0 aromatic carbocycles. The van der Waals surface area contributed by atoms with E-state index in [9.17, 15) is 0 Å². The van der Waals surface area contributed by atoms with Crippen molar-refractivity contribution in [3.63, 3.8) is 0 Å². The maximum atomic E-state index is 5.68. The predicted octanol–water partition coefficient (Wildman–Crippen LogP) is 1.89. The molecule has 0 N–H and O–H groups in total. The van der Waals surface area contributed by atoms with Crippen LogP contribution in [0.4, 0.5) is 0 Å². The molecule has 1 rings (SSSR count). The molecule has 0 aromatic rings. The van der Waals surface area contributed by atoms with Crippen LogP contribution >= 0.6 is 11.6 Å². The molecule has 1 fully saturated rings. The van der Waals surface area contributed by atoms with Crippen LogP contribution in [0.3, 0.4) is 0 Å². The molecule has 1 aliphatic rings. The van der Waals surface area contributed by atoms with E-state index in [0.29, 0.717) is 11.9 Å². The summed E-state index contributed by atoms with van der Waals surface area (Å²) in [6.45, 7) is 6.60. The van der Waals surface area contributed by atoms with Gasteiger partial charge in [0.15, 0.2) is 0 Å². The first-order valence-corrected chi connectivity index (χ1v) is 5.28. The Labute approximate surface area is 85.5 Å². The largest absolute Gasteiger partial charge is 0.381 e. The maximum Gasteiger partial charge on any atom is 0.0480 e. The standard InChI is InChI=1S/C10H18ClNO/c1-9(7-11)8-12(2)10-3-5-13-6-4-10/h10H,1,3-8H2,2H3. The number of rotatable bonds is 4. The zero-order valence-corrected chi connectivity index (χ0v) is 9.02. The zero-order valence-electron chi connectivity index (χ0n) is 8.26. The van der Waals surface area contributed by atoms with Crippen molar-refractivity contribution in [2.75, 3.05) is 32.7 Å². The van der Waals surface area contributed by atoms with Crippen molar-refractivity contribution in [2.45, 2.75) is 18.9 Å². The Kier molecular flexibility index (Phi) is 4.78. The van der Waals surface area contributed by atoms with Gasteiger partial charge in [0.05, 0.1) is 0 Å². The van der Waals surface area contributed by atoms with E-state index in [0.717, 1.165) is 38.2 Å². The van der Waals surface area contributed by atoms with Crippen molar-refractivity contribution in [3.8, 4) is 0 Å². The summed E-state index contributed by atoms with van der Waals surface area (Å²) in [6, 6.07) is 0.647. The molecule has 0 saturated carbocycles. The van der Waals surface area contributed by atoms with Gasteiger partial charge < -0.3 is 4.74 Å². The molecule has 0 aromatic heterocycles. The van der Waals surface area contributed by atoms with E-state index in [2.05, 4.69) is 18.5 Å². The molecule has 0 aliphatic carbocycles. The van der Waals surface area contributed by atoms with Crippen molar-refractivity contribution in [1.82, 2.24) is 4.90 Å². The molecule has 3 heteroatoms.